The molecule has 1 aliphatic rings. The summed E-state index contributed by atoms with van der Waals surface area (Å²) in [7, 11) is 0. The third-order valence-corrected chi connectivity index (χ3v) is 5.24. The van der Waals surface area contributed by atoms with E-state index in [4.69, 9.17) is 5.11 Å². The number of unbranched alkanes of at least 4 members (excludes halogenated alkanes) is 3. The maximum atomic E-state index is 10.5. The van der Waals surface area contributed by atoms with Crippen molar-refractivity contribution in [1.82, 2.24) is 0 Å². The second-order valence-corrected chi connectivity index (χ2v) is 7.41. The summed E-state index contributed by atoms with van der Waals surface area (Å²) >= 11 is 0. The normalized spacial score (nSPS) is 22.5. The monoisotopic (exact) mass is 372 g/mol. The van der Waals surface area contributed by atoms with Crippen LogP contribution in [0.1, 0.15) is 63.4 Å². The molecule has 0 radical (unpaired) electrons. The van der Waals surface area contributed by atoms with Gasteiger partial charge >= 0.3 is 5.97 Å². The van der Waals surface area contributed by atoms with Crippen LogP contribution in [0.2, 0.25) is 0 Å². The zero-order valence-corrected chi connectivity index (χ0v) is 16.0. The molecule has 4 nitrogen and oxygen atoms in total. The van der Waals surface area contributed by atoms with Crippen molar-refractivity contribution in [2.24, 2.45) is 5.92 Å². The molecule has 0 aromatic heterocycles. The van der Waals surface area contributed by atoms with Crippen LogP contribution in [0, 0.1) is 5.92 Å². The third-order valence-electron chi connectivity index (χ3n) is 5.24. The van der Waals surface area contributed by atoms with Crippen molar-refractivity contribution in [2.75, 3.05) is 0 Å². The molecule has 0 spiro atoms. The lowest BCUT2D eigenvalue weighted by atomic mass is 9.93. The van der Waals surface area contributed by atoms with Gasteiger partial charge < -0.3 is 15.3 Å². The highest BCUT2D eigenvalue weighted by molar-refractivity contribution is 5.66. The lowest BCUT2D eigenvalue weighted by Crippen LogP contribution is -2.09. The van der Waals surface area contributed by atoms with Crippen LogP contribution in [0.5, 0.6) is 0 Å². The summed E-state index contributed by atoms with van der Waals surface area (Å²) in [5.74, 6) is -0.330. The molecule has 0 heterocycles. The Hall–Kier alpha value is -1.91. The van der Waals surface area contributed by atoms with Crippen LogP contribution in [0.15, 0.2) is 48.1 Å². The van der Waals surface area contributed by atoms with Gasteiger partial charge in [0.15, 0.2) is 0 Å². The first-order valence-corrected chi connectivity index (χ1v) is 10.1. The first kappa shape index (κ1) is 21.4. The van der Waals surface area contributed by atoms with Gasteiger partial charge in [-0.1, -0.05) is 67.8 Å². The van der Waals surface area contributed by atoms with Crippen molar-refractivity contribution in [3.05, 3.63) is 53.6 Å². The van der Waals surface area contributed by atoms with Gasteiger partial charge in [-0.3, -0.25) is 4.79 Å². The summed E-state index contributed by atoms with van der Waals surface area (Å²) < 4.78 is 0. The number of hydrogen-bond donors (Lipinski definition) is 3. The van der Waals surface area contributed by atoms with Crippen molar-refractivity contribution in [1.29, 1.82) is 0 Å². The first-order valence-electron chi connectivity index (χ1n) is 10.1. The quantitative estimate of drug-likeness (QED) is 0.393. The molecule has 27 heavy (non-hydrogen) atoms. The SMILES string of the molecule is O=C(O)CCCCCCC1CC[C@@H](O)/C1=C/CC(O)/C=C/c1ccccc1. The number of carboxylic acids is 1. The molecule has 1 aliphatic carbocycles. The van der Waals surface area contributed by atoms with Crippen LogP contribution >= 0.6 is 0 Å². The maximum absolute atomic E-state index is 10.5. The second kappa shape index (κ2) is 11.7. The summed E-state index contributed by atoms with van der Waals surface area (Å²) in [5.41, 5.74) is 2.14. The van der Waals surface area contributed by atoms with Gasteiger partial charge in [0.1, 0.15) is 0 Å². The van der Waals surface area contributed by atoms with E-state index in [1.165, 1.54) is 0 Å². The lowest BCUT2D eigenvalue weighted by molar-refractivity contribution is -0.137. The zero-order chi connectivity index (χ0) is 19.5. The van der Waals surface area contributed by atoms with Gasteiger partial charge in [-0.2, -0.15) is 0 Å². The van der Waals surface area contributed by atoms with Crippen LogP contribution in [0.25, 0.3) is 6.08 Å². The number of carbonyl (C=O) groups is 1. The molecule has 4 heteroatoms. The van der Waals surface area contributed by atoms with E-state index >= 15 is 0 Å². The van der Waals surface area contributed by atoms with Crippen molar-refractivity contribution in [2.45, 2.75) is 70.0 Å². The fraction of sp³-hybridized carbons (Fsp3) is 0.522. The Balaban J connectivity index is 1.76. The molecule has 148 valence electrons. The van der Waals surface area contributed by atoms with Gasteiger partial charge in [-0.15, -0.1) is 0 Å². The number of rotatable bonds is 11. The van der Waals surface area contributed by atoms with Gasteiger partial charge in [0.05, 0.1) is 12.2 Å². The molecule has 0 amide bonds. The summed E-state index contributed by atoms with van der Waals surface area (Å²) in [5, 5.41) is 29.1. The number of aliphatic hydroxyl groups is 2. The van der Waals surface area contributed by atoms with Crippen molar-refractivity contribution in [3.8, 4) is 0 Å². The van der Waals surface area contributed by atoms with Crippen LogP contribution in [0.3, 0.4) is 0 Å². The van der Waals surface area contributed by atoms with Crippen molar-refractivity contribution >= 4 is 12.0 Å². The van der Waals surface area contributed by atoms with E-state index in [1.807, 2.05) is 42.5 Å². The minimum Gasteiger partial charge on any atom is -0.481 e. The molecule has 1 aromatic carbocycles. The molecule has 2 rings (SSSR count). The highest BCUT2D eigenvalue weighted by Gasteiger charge is 2.28. The van der Waals surface area contributed by atoms with Gasteiger partial charge in [0.25, 0.3) is 0 Å². The minimum absolute atomic E-state index is 0.252. The highest BCUT2D eigenvalue weighted by atomic mass is 16.4. The number of benzene rings is 1. The molecule has 1 aromatic rings. The Morgan fingerprint density at radius 1 is 1.11 bits per heavy atom. The predicted molar refractivity (Wildman–Crippen MR) is 108 cm³/mol. The molecule has 0 aliphatic heterocycles. The maximum Gasteiger partial charge on any atom is 0.303 e. The standard InChI is InChI=1S/C23H32O4/c24-20(14-12-18-8-4-3-5-9-18)15-16-21-19(13-17-22(21)25)10-6-1-2-7-11-23(26)27/h3-5,8-9,12,14,16,19-20,22,24-25H,1-2,6-7,10-11,13,15,17H2,(H,26,27)/b14-12+,21-16+/t19?,20?,22-/m1/s1. The fourth-order valence-electron chi connectivity index (χ4n) is 3.72. The average molecular weight is 373 g/mol. The summed E-state index contributed by atoms with van der Waals surface area (Å²) in [6, 6.07) is 9.89. The number of carboxylic acid groups (broad SMARTS) is 1. The van der Waals surface area contributed by atoms with E-state index in [9.17, 15) is 15.0 Å². The Kier molecular flexibility index (Phi) is 9.29. The molecule has 2 unspecified atom stereocenters. The van der Waals surface area contributed by atoms with Gasteiger partial charge in [-0.25, -0.2) is 0 Å². The largest absolute Gasteiger partial charge is 0.481 e. The van der Waals surface area contributed by atoms with Crippen molar-refractivity contribution in [3.63, 3.8) is 0 Å². The average Bonchev–Trinajstić information content (AvgIpc) is 3.01. The molecule has 0 bridgehead atoms. The van der Waals surface area contributed by atoms with E-state index in [2.05, 4.69) is 0 Å². The number of aliphatic carboxylic acids is 1. The molecular weight excluding hydrogens is 340 g/mol. The molecule has 3 atom stereocenters. The predicted octanol–water partition coefficient (Wildman–Crippen LogP) is 4.57. The molecule has 0 saturated heterocycles. The smallest absolute Gasteiger partial charge is 0.303 e. The van der Waals surface area contributed by atoms with Gasteiger partial charge in [-0.05, 0) is 49.2 Å². The molecule has 3 N–H and O–H groups in total. The Labute approximate surface area is 162 Å². The van der Waals surface area contributed by atoms with E-state index in [0.717, 1.165) is 56.1 Å². The number of aliphatic hydroxyl groups excluding tert-OH is 2. The summed E-state index contributed by atoms with van der Waals surface area (Å²) in [4.78, 5) is 10.5. The van der Waals surface area contributed by atoms with E-state index in [-0.39, 0.29) is 12.5 Å². The molecule has 1 fully saturated rings. The summed E-state index contributed by atoms with van der Waals surface area (Å²) in [6.07, 6.45) is 12.2. The topological polar surface area (TPSA) is 77.8 Å². The van der Waals surface area contributed by atoms with Crippen molar-refractivity contribution < 1.29 is 20.1 Å². The van der Waals surface area contributed by atoms with Gasteiger partial charge in [0.2, 0.25) is 0 Å². The zero-order valence-electron chi connectivity index (χ0n) is 16.0. The van der Waals surface area contributed by atoms with E-state index in [0.29, 0.717) is 12.3 Å². The first-order chi connectivity index (χ1) is 13.1. The highest BCUT2D eigenvalue weighted by Crippen LogP contribution is 2.35. The second-order valence-electron chi connectivity index (χ2n) is 7.41. The number of hydrogen-bond acceptors (Lipinski definition) is 3. The Morgan fingerprint density at radius 2 is 1.85 bits per heavy atom. The Morgan fingerprint density at radius 3 is 2.59 bits per heavy atom. The molecular formula is C23H32O4. The Bertz CT molecular complexity index is 621. The minimum atomic E-state index is -0.723. The van der Waals surface area contributed by atoms with Crippen LogP contribution in [-0.4, -0.2) is 33.5 Å². The molecule has 1 saturated carbocycles. The lowest BCUT2D eigenvalue weighted by Gasteiger charge is -2.14. The van der Waals surface area contributed by atoms with E-state index < -0.39 is 12.1 Å². The van der Waals surface area contributed by atoms with Crippen LogP contribution in [0.4, 0.5) is 0 Å². The summed E-state index contributed by atoms with van der Waals surface area (Å²) in [6.45, 7) is 0. The van der Waals surface area contributed by atoms with Crippen LogP contribution in [-0.2, 0) is 4.79 Å². The van der Waals surface area contributed by atoms with Crippen LogP contribution < -0.4 is 0 Å². The fourth-order valence-corrected chi connectivity index (χ4v) is 3.72. The van der Waals surface area contributed by atoms with Gasteiger partial charge in [0, 0.05) is 6.42 Å². The van der Waals surface area contributed by atoms with E-state index in [1.54, 1.807) is 6.08 Å². The third kappa shape index (κ3) is 8.10.